The molecule has 9 nitrogen and oxygen atoms in total. The first-order valence-electron chi connectivity index (χ1n) is 13.7. The van der Waals surface area contributed by atoms with Crippen molar-refractivity contribution in [3.05, 3.63) is 105 Å². The Morgan fingerprint density at radius 1 is 1.09 bits per heavy atom. The van der Waals surface area contributed by atoms with Gasteiger partial charge in [-0.25, -0.2) is 14.2 Å². The molecule has 1 aliphatic rings. The lowest BCUT2D eigenvalue weighted by atomic mass is 9.91. The Bertz CT molecular complexity index is 1660. The van der Waals surface area contributed by atoms with Crippen LogP contribution in [0.3, 0.4) is 0 Å². The number of aryl methyl sites for hydroxylation is 1. The number of likely N-dealkylation sites (N-methyl/N-ethyl adjacent to an activating group) is 1. The largest absolute Gasteiger partial charge is 0.484 e. The number of halogens is 2. The van der Waals surface area contributed by atoms with Gasteiger partial charge in [0, 0.05) is 29.1 Å². The van der Waals surface area contributed by atoms with Gasteiger partial charge in [-0.15, -0.1) is 0 Å². The molecule has 0 spiro atoms. The number of H-pyrrole nitrogens is 1. The van der Waals surface area contributed by atoms with Crippen molar-refractivity contribution < 1.29 is 23.5 Å². The zero-order chi connectivity index (χ0) is 30.8. The van der Waals surface area contributed by atoms with Crippen LogP contribution in [-0.2, 0) is 9.59 Å². The van der Waals surface area contributed by atoms with Crippen molar-refractivity contribution >= 4 is 40.4 Å². The van der Waals surface area contributed by atoms with E-state index in [1.165, 1.54) is 15.9 Å². The molecule has 0 aliphatic carbocycles. The molecule has 0 bridgehead atoms. The quantitative estimate of drug-likeness (QED) is 0.172. The minimum absolute atomic E-state index is 0.116. The minimum atomic E-state index is -0.931. The molecule has 3 aromatic carbocycles. The van der Waals surface area contributed by atoms with Crippen LogP contribution in [0, 0.1) is 16.3 Å². The SMILES string of the molecule is Cc1nc(C([C@@H](C)c2ccccc2)N2C(=O)N[C@H](c3ccc(OCC(=O)N(C)C)cc3)C2=O)[nH]c1-c1ccc(I)cc1F. The molecule has 43 heavy (non-hydrogen) atoms. The summed E-state index contributed by atoms with van der Waals surface area (Å²) in [5.41, 5.74) is 2.86. The maximum atomic E-state index is 15.0. The maximum Gasteiger partial charge on any atom is 0.325 e. The van der Waals surface area contributed by atoms with Crippen LogP contribution < -0.4 is 10.1 Å². The third-order valence-corrected chi connectivity index (χ3v) is 8.18. The van der Waals surface area contributed by atoms with Crippen molar-refractivity contribution in [2.75, 3.05) is 20.7 Å². The van der Waals surface area contributed by atoms with Crippen LogP contribution >= 0.6 is 22.6 Å². The molecule has 2 heterocycles. The van der Waals surface area contributed by atoms with Gasteiger partial charge < -0.3 is 19.9 Å². The van der Waals surface area contributed by atoms with Gasteiger partial charge in [0.2, 0.25) is 0 Å². The van der Waals surface area contributed by atoms with Crippen molar-refractivity contribution in [1.29, 1.82) is 0 Å². The Kier molecular flexibility index (Phi) is 8.81. The zero-order valence-corrected chi connectivity index (χ0v) is 26.3. The van der Waals surface area contributed by atoms with Crippen LogP contribution in [0.2, 0.25) is 0 Å². The molecule has 1 aromatic heterocycles. The van der Waals surface area contributed by atoms with Gasteiger partial charge in [0.1, 0.15) is 29.5 Å². The van der Waals surface area contributed by atoms with Gasteiger partial charge in [-0.3, -0.25) is 14.5 Å². The summed E-state index contributed by atoms with van der Waals surface area (Å²) >= 11 is 2.05. The number of carbonyl (C=O) groups is 3. The number of imidazole rings is 1. The molecule has 0 radical (unpaired) electrons. The molecule has 1 fully saturated rings. The second-order valence-corrected chi connectivity index (χ2v) is 11.8. The predicted octanol–water partition coefficient (Wildman–Crippen LogP) is 5.73. The predicted molar refractivity (Wildman–Crippen MR) is 168 cm³/mol. The van der Waals surface area contributed by atoms with Crippen molar-refractivity contribution in [2.45, 2.75) is 31.8 Å². The lowest BCUT2D eigenvalue weighted by Gasteiger charge is -2.29. The normalized spacial score (nSPS) is 16.1. The summed E-state index contributed by atoms with van der Waals surface area (Å²) in [5, 5.41) is 2.81. The number of aromatic amines is 1. The standard InChI is InChI=1S/C32H31FIN5O4/c1-18(20-8-6-5-7-9-20)29(30-35-19(2)27(36-30)24-15-12-22(34)16-25(24)33)39-31(41)28(37-32(39)42)21-10-13-23(14-11-21)43-17-26(40)38(3)4/h5-16,18,28-29H,17H2,1-4H3,(H,35,36)(H,37,42)/t18-,28+,29?/m0/s1. The van der Waals surface area contributed by atoms with E-state index in [0.29, 0.717) is 34.1 Å². The Morgan fingerprint density at radius 2 is 1.79 bits per heavy atom. The monoisotopic (exact) mass is 695 g/mol. The third kappa shape index (κ3) is 6.26. The Morgan fingerprint density at radius 3 is 2.44 bits per heavy atom. The molecule has 2 N–H and O–H groups in total. The summed E-state index contributed by atoms with van der Waals surface area (Å²) in [5.74, 6) is -0.529. The van der Waals surface area contributed by atoms with E-state index in [-0.39, 0.29) is 18.4 Å². The number of nitrogens with one attached hydrogen (secondary N) is 2. The number of amides is 4. The lowest BCUT2D eigenvalue weighted by Crippen LogP contribution is -2.38. The molecular weight excluding hydrogens is 664 g/mol. The van der Waals surface area contributed by atoms with Crippen molar-refractivity contribution in [1.82, 2.24) is 25.1 Å². The number of imide groups is 1. The molecule has 1 unspecified atom stereocenters. The van der Waals surface area contributed by atoms with Gasteiger partial charge in [0.25, 0.3) is 11.8 Å². The molecule has 3 atom stereocenters. The Balaban J connectivity index is 1.48. The van der Waals surface area contributed by atoms with Crippen LogP contribution in [0.25, 0.3) is 11.3 Å². The van der Waals surface area contributed by atoms with Crippen LogP contribution in [-0.4, -0.2) is 58.3 Å². The number of carbonyl (C=O) groups excluding carboxylic acids is 3. The number of hydrogen-bond donors (Lipinski definition) is 2. The van der Waals surface area contributed by atoms with Crippen LogP contribution in [0.4, 0.5) is 9.18 Å². The number of aromatic nitrogens is 2. The summed E-state index contributed by atoms with van der Waals surface area (Å²) < 4.78 is 21.3. The highest BCUT2D eigenvalue weighted by Gasteiger charge is 2.46. The lowest BCUT2D eigenvalue weighted by molar-refractivity contribution is -0.131. The number of urea groups is 1. The molecule has 5 rings (SSSR count). The summed E-state index contributed by atoms with van der Waals surface area (Å²) in [6.45, 7) is 3.58. The molecule has 4 amide bonds. The van der Waals surface area contributed by atoms with E-state index < -0.39 is 29.8 Å². The fourth-order valence-corrected chi connectivity index (χ4v) is 5.57. The average molecular weight is 696 g/mol. The van der Waals surface area contributed by atoms with Crippen molar-refractivity contribution in [2.24, 2.45) is 0 Å². The van der Waals surface area contributed by atoms with E-state index in [0.717, 1.165) is 9.13 Å². The van der Waals surface area contributed by atoms with Crippen LogP contribution in [0.1, 0.15) is 47.6 Å². The number of benzene rings is 3. The van der Waals surface area contributed by atoms with E-state index in [2.05, 4.69) is 32.9 Å². The minimum Gasteiger partial charge on any atom is -0.484 e. The fraction of sp³-hybridized carbons (Fsp3) is 0.250. The number of ether oxygens (including phenoxy) is 1. The van der Waals surface area contributed by atoms with Gasteiger partial charge in [-0.05, 0) is 71.0 Å². The topological polar surface area (TPSA) is 108 Å². The first kappa shape index (κ1) is 30.2. The van der Waals surface area contributed by atoms with Gasteiger partial charge in [-0.2, -0.15) is 0 Å². The highest BCUT2D eigenvalue weighted by Crippen LogP contribution is 2.40. The van der Waals surface area contributed by atoms with Gasteiger partial charge in [-0.1, -0.05) is 49.4 Å². The number of rotatable bonds is 9. The summed E-state index contributed by atoms with van der Waals surface area (Å²) in [7, 11) is 3.29. The van der Waals surface area contributed by atoms with Crippen molar-refractivity contribution in [3.8, 4) is 17.0 Å². The summed E-state index contributed by atoms with van der Waals surface area (Å²) in [6.07, 6.45) is 0. The van der Waals surface area contributed by atoms with Crippen LogP contribution in [0.15, 0.2) is 72.8 Å². The molecule has 1 saturated heterocycles. The first-order valence-corrected chi connectivity index (χ1v) is 14.8. The maximum absolute atomic E-state index is 15.0. The smallest absolute Gasteiger partial charge is 0.325 e. The summed E-state index contributed by atoms with van der Waals surface area (Å²) in [4.78, 5) is 49.9. The van der Waals surface area contributed by atoms with E-state index in [1.54, 1.807) is 51.4 Å². The molecular formula is C32H31FIN5O4. The number of nitrogens with zero attached hydrogens (tertiary/aromatic N) is 3. The number of hydrogen-bond acceptors (Lipinski definition) is 5. The highest BCUT2D eigenvalue weighted by atomic mass is 127. The van der Waals surface area contributed by atoms with E-state index in [9.17, 15) is 18.8 Å². The zero-order valence-electron chi connectivity index (χ0n) is 24.1. The van der Waals surface area contributed by atoms with E-state index >= 15 is 0 Å². The van der Waals surface area contributed by atoms with Crippen molar-refractivity contribution in [3.63, 3.8) is 0 Å². The Labute approximate surface area is 262 Å². The second kappa shape index (κ2) is 12.5. The second-order valence-electron chi connectivity index (χ2n) is 10.6. The fourth-order valence-electron chi connectivity index (χ4n) is 5.11. The Hall–Kier alpha value is -4.26. The van der Waals surface area contributed by atoms with E-state index in [1.807, 2.05) is 43.3 Å². The highest BCUT2D eigenvalue weighted by molar-refractivity contribution is 14.1. The molecule has 11 heteroatoms. The average Bonchev–Trinajstić information content (AvgIpc) is 3.51. The van der Waals surface area contributed by atoms with Gasteiger partial charge in [0.05, 0.1) is 11.4 Å². The molecule has 222 valence electrons. The van der Waals surface area contributed by atoms with Gasteiger partial charge in [0.15, 0.2) is 6.61 Å². The molecule has 1 aliphatic heterocycles. The van der Waals surface area contributed by atoms with E-state index in [4.69, 9.17) is 9.72 Å². The molecule has 0 saturated carbocycles. The summed E-state index contributed by atoms with van der Waals surface area (Å²) in [6, 6.07) is 18.9. The van der Waals surface area contributed by atoms with Gasteiger partial charge >= 0.3 is 6.03 Å². The third-order valence-electron chi connectivity index (χ3n) is 7.51. The first-order chi connectivity index (χ1) is 20.5. The molecule has 4 aromatic rings. The van der Waals surface area contributed by atoms with Crippen LogP contribution in [0.5, 0.6) is 5.75 Å².